The summed E-state index contributed by atoms with van der Waals surface area (Å²) in [5.74, 6) is 0.317. The molecule has 140 valence electrons. The van der Waals surface area contributed by atoms with Gasteiger partial charge in [0.15, 0.2) is 0 Å². The van der Waals surface area contributed by atoms with E-state index in [9.17, 15) is 9.59 Å². The molecule has 4 rings (SSSR count). The van der Waals surface area contributed by atoms with Crippen LogP contribution in [0.5, 0.6) is 0 Å². The zero-order valence-corrected chi connectivity index (χ0v) is 16.0. The number of carbonyl (C=O) groups excluding carboxylic acids is 2. The third-order valence-electron chi connectivity index (χ3n) is 6.10. The smallest absolute Gasteiger partial charge is 0.246 e. The van der Waals surface area contributed by atoms with Gasteiger partial charge in [0.1, 0.15) is 12.1 Å². The predicted octanol–water partition coefficient (Wildman–Crippen LogP) is 2.05. The summed E-state index contributed by atoms with van der Waals surface area (Å²) in [5, 5.41) is 3.55. The Hall–Kier alpha value is -1.88. The van der Waals surface area contributed by atoms with Crippen molar-refractivity contribution in [3.63, 3.8) is 0 Å². The number of nitrogens with one attached hydrogen (secondary N) is 1. The van der Waals surface area contributed by atoms with Gasteiger partial charge in [-0.15, -0.1) is 0 Å². The highest BCUT2D eigenvalue weighted by molar-refractivity contribution is 5.98. The van der Waals surface area contributed by atoms with E-state index in [4.69, 9.17) is 0 Å². The zero-order chi connectivity index (χ0) is 18.5. The van der Waals surface area contributed by atoms with E-state index < -0.39 is 0 Å². The highest BCUT2D eigenvalue weighted by atomic mass is 16.2. The topological polar surface area (TPSA) is 52.7 Å². The lowest BCUT2D eigenvalue weighted by molar-refractivity contribution is -0.156. The molecule has 0 aromatic heterocycles. The van der Waals surface area contributed by atoms with Gasteiger partial charge in [0.05, 0.1) is 0 Å². The van der Waals surface area contributed by atoms with Crippen LogP contribution in [0.15, 0.2) is 24.3 Å². The molecule has 1 aromatic carbocycles. The molecule has 2 amide bonds. The molecule has 0 radical (unpaired) electrons. The van der Waals surface area contributed by atoms with E-state index >= 15 is 0 Å². The molecule has 0 saturated carbocycles. The molecule has 1 N–H and O–H groups in total. The first-order chi connectivity index (χ1) is 12.3. The molecule has 0 spiro atoms. The second-order valence-electron chi connectivity index (χ2n) is 8.96. The second-order valence-corrected chi connectivity index (χ2v) is 8.96. The molecule has 0 aliphatic carbocycles. The molecule has 26 heavy (non-hydrogen) atoms. The van der Waals surface area contributed by atoms with Gasteiger partial charge in [-0.25, -0.2) is 0 Å². The Morgan fingerprint density at radius 2 is 1.73 bits per heavy atom. The van der Waals surface area contributed by atoms with Crippen LogP contribution >= 0.6 is 0 Å². The van der Waals surface area contributed by atoms with Crippen molar-refractivity contribution in [2.24, 2.45) is 0 Å². The molecule has 5 heteroatoms. The first-order valence-electron chi connectivity index (χ1n) is 9.78. The van der Waals surface area contributed by atoms with Crippen LogP contribution < -0.4 is 5.32 Å². The summed E-state index contributed by atoms with van der Waals surface area (Å²) in [6.07, 6.45) is 2.51. The highest BCUT2D eigenvalue weighted by Gasteiger charge is 2.51. The normalized spacial score (nSPS) is 28.5. The fourth-order valence-electron chi connectivity index (χ4n) is 4.52. The monoisotopic (exact) mass is 355 g/mol. The number of fused-ring (bicyclic) bond motifs is 2. The number of nitrogens with zero attached hydrogens (tertiary/aromatic N) is 2. The Kier molecular flexibility index (Phi) is 4.30. The minimum absolute atomic E-state index is 0.158. The Bertz CT molecular complexity index is 677. The summed E-state index contributed by atoms with van der Waals surface area (Å²) in [5.41, 5.74) is 2.73. The third-order valence-corrected chi connectivity index (χ3v) is 6.10. The molecule has 3 fully saturated rings. The van der Waals surface area contributed by atoms with Crippen LogP contribution in [0.3, 0.4) is 0 Å². The summed E-state index contributed by atoms with van der Waals surface area (Å²) in [7, 11) is 0. The van der Waals surface area contributed by atoms with Crippen LogP contribution in [-0.2, 0) is 21.5 Å². The maximum absolute atomic E-state index is 12.7. The van der Waals surface area contributed by atoms with Gasteiger partial charge in [-0.3, -0.25) is 9.59 Å². The summed E-state index contributed by atoms with van der Waals surface area (Å²) < 4.78 is 0. The van der Waals surface area contributed by atoms with Crippen molar-refractivity contribution in [3.05, 3.63) is 35.4 Å². The first kappa shape index (κ1) is 17.5. The summed E-state index contributed by atoms with van der Waals surface area (Å²) in [6, 6.07) is 8.47. The summed E-state index contributed by atoms with van der Waals surface area (Å²) in [4.78, 5) is 29.0. The molecule has 3 aliphatic heterocycles. The second kappa shape index (κ2) is 6.38. The van der Waals surface area contributed by atoms with Crippen LogP contribution in [0.2, 0.25) is 0 Å². The lowest BCUT2D eigenvalue weighted by Gasteiger charge is -2.38. The van der Waals surface area contributed by atoms with Gasteiger partial charge < -0.3 is 15.1 Å². The van der Waals surface area contributed by atoms with E-state index in [0.29, 0.717) is 6.54 Å². The fraction of sp³-hybridized carbons (Fsp3) is 0.619. The van der Waals surface area contributed by atoms with Crippen LogP contribution in [0, 0.1) is 0 Å². The van der Waals surface area contributed by atoms with Crippen molar-refractivity contribution in [1.29, 1.82) is 0 Å². The number of piperazine rings is 1. The Morgan fingerprint density at radius 1 is 1.04 bits per heavy atom. The number of rotatable bonds is 3. The van der Waals surface area contributed by atoms with Crippen molar-refractivity contribution < 1.29 is 9.59 Å². The number of hydrogen-bond acceptors (Lipinski definition) is 3. The Morgan fingerprint density at radius 3 is 2.42 bits per heavy atom. The van der Waals surface area contributed by atoms with Crippen LogP contribution in [0.4, 0.5) is 0 Å². The van der Waals surface area contributed by atoms with Gasteiger partial charge >= 0.3 is 0 Å². The van der Waals surface area contributed by atoms with Crippen molar-refractivity contribution in [2.45, 2.75) is 70.1 Å². The Balaban J connectivity index is 1.38. The largest absolute Gasteiger partial charge is 0.329 e. The lowest BCUT2D eigenvalue weighted by atomic mass is 9.87. The molecule has 3 atom stereocenters. The minimum atomic E-state index is -0.252. The van der Waals surface area contributed by atoms with E-state index in [2.05, 4.69) is 50.4 Å². The molecular formula is C21H29N3O2. The highest BCUT2D eigenvalue weighted by Crippen LogP contribution is 2.32. The maximum atomic E-state index is 12.7. The quantitative estimate of drug-likeness (QED) is 0.903. The average molecular weight is 355 g/mol. The van der Waals surface area contributed by atoms with Crippen molar-refractivity contribution in [3.8, 4) is 0 Å². The van der Waals surface area contributed by atoms with Crippen molar-refractivity contribution >= 4 is 11.8 Å². The fourth-order valence-corrected chi connectivity index (χ4v) is 4.52. The SMILES string of the molecule is CC(C)(C)c1ccc(CN[C@H]2C[C@H]3C(=O)N4CCC[C@H]4C(=O)N3C2)cc1. The summed E-state index contributed by atoms with van der Waals surface area (Å²) >= 11 is 0. The minimum Gasteiger partial charge on any atom is -0.329 e. The van der Waals surface area contributed by atoms with E-state index in [1.54, 1.807) is 0 Å². The van der Waals surface area contributed by atoms with Gasteiger partial charge in [-0.2, -0.15) is 0 Å². The molecular weight excluding hydrogens is 326 g/mol. The number of benzene rings is 1. The third kappa shape index (κ3) is 3.02. The zero-order valence-electron chi connectivity index (χ0n) is 16.0. The van der Waals surface area contributed by atoms with E-state index in [1.165, 1.54) is 11.1 Å². The number of hydrogen-bond donors (Lipinski definition) is 1. The molecule has 1 aromatic rings. The number of carbonyl (C=O) groups is 2. The van der Waals surface area contributed by atoms with Gasteiger partial charge in [-0.05, 0) is 35.8 Å². The molecule has 5 nitrogen and oxygen atoms in total. The predicted molar refractivity (Wildman–Crippen MR) is 101 cm³/mol. The standard InChI is InChI=1S/C21H29N3O2/c1-21(2,3)15-8-6-14(7-9-15)12-22-16-11-18-20(26)23-10-4-5-17(23)19(25)24(18)13-16/h6-9,16-18,22H,4-5,10-13H2,1-3H3/t16-,17-,18-/m0/s1. The first-order valence-corrected chi connectivity index (χ1v) is 9.78. The maximum Gasteiger partial charge on any atom is 0.246 e. The van der Waals surface area contributed by atoms with E-state index in [-0.39, 0.29) is 35.4 Å². The van der Waals surface area contributed by atoms with E-state index in [0.717, 1.165) is 32.4 Å². The lowest BCUT2D eigenvalue weighted by Crippen LogP contribution is -2.60. The average Bonchev–Trinajstić information content (AvgIpc) is 3.25. The molecule has 3 aliphatic rings. The molecule has 3 saturated heterocycles. The number of amides is 2. The molecule has 0 bridgehead atoms. The van der Waals surface area contributed by atoms with Crippen LogP contribution in [0.25, 0.3) is 0 Å². The summed E-state index contributed by atoms with van der Waals surface area (Å²) in [6.45, 7) is 8.82. The van der Waals surface area contributed by atoms with Crippen molar-refractivity contribution in [2.75, 3.05) is 13.1 Å². The van der Waals surface area contributed by atoms with Crippen LogP contribution in [0.1, 0.15) is 51.2 Å². The molecule has 0 unspecified atom stereocenters. The Labute approximate surface area is 155 Å². The molecule has 3 heterocycles. The van der Waals surface area contributed by atoms with Gasteiger partial charge in [0.25, 0.3) is 0 Å². The van der Waals surface area contributed by atoms with Crippen molar-refractivity contribution in [1.82, 2.24) is 15.1 Å². The van der Waals surface area contributed by atoms with Crippen LogP contribution in [-0.4, -0.2) is 52.8 Å². The van der Waals surface area contributed by atoms with E-state index in [1.807, 2.05) is 9.80 Å². The van der Waals surface area contributed by atoms with Gasteiger partial charge in [0.2, 0.25) is 11.8 Å². The van der Waals surface area contributed by atoms with Gasteiger partial charge in [-0.1, -0.05) is 45.0 Å². The van der Waals surface area contributed by atoms with Gasteiger partial charge in [0, 0.05) is 25.7 Å².